The Hall–Kier alpha value is -1.95. The maximum Gasteiger partial charge on any atom is 0.238 e. The zero-order valence-electron chi connectivity index (χ0n) is 15.3. The second-order valence-corrected chi connectivity index (χ2v) is 7.18. The normalized spacial score (nSPS) is 14.9. The van der Waals surface area contributed by atoms with E-state index in [2.05, 4.69) is 15.1 Å². The molecule has 144 valence electrons. The number of carbonyl (C=O) groups excluding carboxylic acids is 1. The maximum absolute atomic E-state index is 12.4. The average molecular weight is 408 g/mol. The highest BCUT2D eigenvalue weighted by Crippen LogP contribution is 2.29. The van der Waals surface area contributed by atoms with Crippen molar-refractivity contribution in [1.29, 1.82) is 0 Å². The van der Waals surface area contributed by atoms with Crippen molar-refractivity contribution in [2.24, 2.45) is 0 Å². The summed E-state index contributed by atoms with van der Waals surface area (Å²) in [6.45, 7) is 6.03. The van der Waals surface area contributed by atoms with Crippen molar-refractivity contribution >= 4 is 40.5 Å². The van der Waals surface area contributed by atoms with E-state index in [-0.39, 0.29) is 5.91 Å². The molecule has 2 aromatic carbocycles. The molecule has 1 N–H and O–H groups in total. The number of para-hydroxylation sites is 2. The molecule has 1 heterocycles. The molecule has 0 saturated carbocycles. The second kappa shape index (κ2) is 9.31. The SMILES string of the molecule is CCOc1ccccc1NC(=O)CN1CCN(c2ccc(Cl)cc2Cl)CC1. The van der Waals surface area contributed by atoms with Crippen LogP contribution in [0.3, 0.4) is 0 Å². The van der Waals surface area contributed by atoms with E-state index in [0.29, 0.717) is 34.6 Å². The fourth-order valence-corrected chi connectivity index (χ4v) is 3.66. The predicted molar refractivity (Wildman–Crippen MR) is 111 cm³/mol. The summed E-state index contributed by atoms with van der Waals surface area (Å²) in [7, 11) is 0. The summed E-state index contributed by atoms with van der Waals surface area (Å²) in [6, 6.07) is 13.0. The van der Waals surface area contributed by atoms with E-state index in [4.69, 9.17) is 27.9 Å². The number of anilines is 2. The first kappa shape index (κ1) is 19.8. The van der Waals surface area contributed by atoms with E-state index in [1.807, 2.05) is 43.3 Å². The molecule has 1 fully saturated rings. The van der Waals surface area contributed by atoms with Crippen LogP contribution in [0.15, 0.2) is 42.5 Å². The third kappa shape index (κ3) is 5.28. The highest BCUT2D eigenvalue weighted by molar-refractivity contribution is 6.36. The predicted octanol–water partition coefficient (Wildman–Crippen LogP) is 4.15. The molecular formula is C20H23Cl2N3O2. The first-order chi connectivity index (χ1) is 13.1. The molecule has 0 spiro atoms. The third-order valence-electron chi connectivity index (χ3n) is 4.45. The molecule has 1 aliphatic rings. The first-order valence-electron chi connectivity index (χ1n) is 9.01. The molecule has 0 atom stereocenters. The minimum atomic E-state index is -0.0415. The van der Waals surface area contributed by atoms with Gasteiger partial charge in [-0.2, -0.15) is 0 Å². The van der Waals surface area contributed by atoms with Crippen molar-refractivity contribution in [2.45, 2.75) is 6.92 Å². The monoisotopic (exact) mass is 407 g/mol. The number of hydrogen-bond donors (Lipinski definition) is 1. The van der Waals surface area contributed by atoms with Gasteiger partial charge in [-0.3, -0.25) is 9.69 Å². The number of hydrogen-bond acceptors (Lipinski definition) is 4. The van der Waals surface area contributed by atoms with E-state index in [1.54, 1.807) is 6.07 Å². The van der Waals surface area contributed by atoms with E-state index in [1.165, 1.54) is 0 Å². The van der Waals surface area contributed by atoms with Gasteiger partial charge >= 0.3 is 0 Å². The van der Waals surface area contributed by atoms with Crippen LogP contribution in [0.4, 0.5) is 11.4 Å². The van der Waals surface area contributed by atoms with Crippen molar-refractivity contribution in [3.05, 3.63) is 52.5 Å². The Labute approximate surface area is 169 Å². The van der Waals surface area contributed by atoms with Gasteiger partial charge < -0.3 is 15.0 Å². The lowest BCUT2D eigenvalue weighted by Gasteiger charge is -2.36. The minimum absolute atomic E-state index is 0.0415. The van der Waals surface area contributed by atoms with E-state index >= 15 is 0 Å². The summed E-state index contributed by atoms with van der Waals surface area (Å²) in [5.74, 6) is 0.649. The van der Waals surface area contributed by atoms with Gasteiger partial charge in [-0.1, -0.05) is 35.3 Å². The fourth-order valence-electron chi connectivity index (χ4n) is 3.13. The summed E-state index contributed by atoms with van der Waals surface area (Å²) >= 11 is 12.3. The summed E-state index contributed by atoms with van der Waals surface area (Å²) in [6.07, 6.45) is 0. The van der Waals surface area contributed by atoms with Gasteiger partial charge in [-0.05, 0) is 37.3 Å². The Morgan fingerprint density at radius 1 is 1.11 bits per heavy atom. The Bertz CT molecular complexity index is 793. The van der Waals surface area contributed by atoms with Gasteiger partial charge in [0, 0.05) is 31.2 Å². The molecule has 3 rings (SSSR count). The quantitative estimate of drug-likeness (QED) is 0.780. The van der Waals surface area contributed by atoms with Gasteiger partial charge in [-0.15, -0.1) is 0 Å². The minimum Gasteiger partial charge on any atom is -0.492 e. The number of benzene rings is 2. The zero-order chi connectivity index (χ0) is 19.2. The van der Waals surface area contributed by atoms with Gasteiger partial charge in [0.25, 0.3) is 0 Å². The lowest BCUT2D eigenvalue weighted by atomic mass is 10.2. The van der Waals surface area contributed by atoms with E-state index in [9.17, 15) is 4.79 Å². The molecule has 0 aliphatic carbocycles. The number of ether oxygens (including phenoxy) is 1. The number of carbonyl (C=O) groups is 1. The number of rotatable bonds is 6. The largest absolute Gasteiger partial charge is 0.492 e. The molecule has 0 unspecified atom stereocenters. The molecule has 27 heavy (non-hydrogen) atoms. The van der Waals surface area contributed by atoms with Crippen molar-refractivity contribution in [3.63, 3.8) is 0 Å². The Kier molecular flexibility index (Phi) is 6.83. The molecule has 1 amide bonds. The van der Waals surface area contributed by atoms with Crippen LogP contribution in [0, 0.1) is 0 Å². The molecule has 1 aliphatic heterocycles. The van der Waals surface area contributed by atoms with Crippen molar-refractivity contribution in [1.82, 2.24) is 4.90 Å². The number of piperazine rings is 1. The number of nitrogens with one attached hydrogen (secondary N) is 1. The van der Waals surface area contributed by atoms with Gasteiger partial charge in [0.1, 0.15) is 5.75 Å². The lowest BCUT2D eigenvalue weighted by Crippen LogP contribution is -2.48. The summed E-state index contributed by atoms with van der Waals surface area (Å²) in [4.78, 5) is 16.8. The van der Waals surface area contributed by atoms with Gasteiger partial charge in [0.05, 0.1) is 29.5 Å². The van der Waals surface area contributed by atoms with Gasteiger partial charge in [-0.25, -0.2) is 0 Å². The standard InChI is InChI=1S/C20H23Cl2N3O2/c1-2-27-19-6-4-3-5-17(19)23-20(26)14-24-9-11-25(12-10-24)18-8-7-15(21)13-16(18)22/h3-8,13H,2,9-12,14H2,1H3,(H,23,26). The van der Waals surface area contributed by atoms with Crippen LogP contribution in [0.5, 0.6) is 5.75 Å². The Balaban J connectivity index is 1.52. The Morgan fingerprint density at radius 3 is 2.56 bits per heavy atom. The average Bonchev–Trinajstić information content (AvgIpc) is 2.64. The Morgan fingerprint density at radius 2 is 1.85 bits per heavy atom. The van der Waals surface area contributed by atoms with Crippen LogP contribution in [-0.4, -0.2) is 50.1 Å². The van der Waals surface area contributed by atoms with Crippen LogP contribution < -0.4 is 15.0 Å². The lowest BCUT2D eigenvalue weighted by molar-refractivity contribution is -0.117. The second-order valence-electron chi connectivity index (χ2n) is 6.34. The van der Waals surface area contributed by atoms with E-state index < -0.39 is 0 Å². The molecular weight excluding hydrogens is 385 g/mol. The maximum atomic E-state index is 12.4. The zero-order valence-corrected chi connectivity index (χ0v) is 16.8. The van der Waals surface area contributed by atoms with Crippen LogP contribution in [0.25, 0.3) is 0 Å². The van der Waals surface area contributed by atoms with E-state index in [0.717, 1.165) is 31.9 Å². The van der Waals surface area contributed by atoms with Crippen LogP contribution in [0.2, 0.25) is 10.0 Å². The number of halogens is 2. The highest BCUT2D eigenvalue weighted by Gasteiger charge is 2.21. The van der Waals surface area contributed by atoms with Gasteiger partial charge in [0.2, 0.25) is 5.91 Å². The molecule has 5 nitrogen and oxygen atoms in total. The van der Waals surface area contributed by atoms with Gasteiger partial charge in [0.15, 0.2) is 0 Å². The van der Waals surface area contributed by atoms with Crippen LogP contribution >= 0.6 is 23.2 Å². The first-order valence-corrected chi connectivity index (χ1v) is 9.76. The molecule has 2 aromatic rings. The molecule has 0 radical (unpaired) electrons. The number of nitrogens with zero attached hydrogens (tertiary/aromatic N) is 2. The number of amides is 1. The summed E-state index contributed by atoms with van der Waals surface area (Å²) in [5.41, 5.74) is 1.69. The summed E-state index contributed by atoms with van der Waals surface area (Å²) in [5, 5.41) is 4.23. The third-order valence-corrected chi connectivity index (χ3v) is 4.99. The van der Waals surface area contributed by atoms with Crippen LogP contribution in [-0.2, 0) is 4.79 Å². The molecule has 1 saturated heterocycles. The topological polar surface area (TPSA) is 44.8 Å². The molecule has 7 heteroatoms. The van der Waals surface area contributed by atoms with Crippen molar-refractivity contribution < 1.29 is 9.53 Å². The molecule has 0 bridgehead atoms. The fraction of sp³-hybridized carbons (Fsp3) is 0.350. The van der Waals surface area contributed by atoms with Crippen LogP contribution in [0.1, 0.15) is 6.92 Å². The highest BCUT2D eigenvalue weighted by atomic mass is 35.5. The smallest absolute Gasteiger partial charge is 0.238 e. The van der Waals surface area contributed by atoms with Crippen molar-refractivity contribution in [3.8, 4) is 5.75 Å². The summed E-state index contributed by atoms with van der Waals surface area (Å²) < 4.78 is 5.55. The van der Waals surface area contributed by atoms with Crippen molar-refractivity contribution in [2.75, 3.05) is 49.5 Å². The molecule has 0 aromatic heterocycles.